The zero-order valence-electron chi connectivity index (χ0n) is 17.9. The normalized spacial score (nSPS) is 35.8. The molecule has 0 radical (unpaired) electrons. The van der Waals surface area contributed by atoms with Gasteiger partial charge in [0.1, 0.15) is 0 Å². The monoisotopic (exact) mass is 382 g/mol. The molecule has 0 aliphatic heterocycles. The Bertz CT molecular complexity index is 384. The van der Waals surface area contributed by atoms with E-state index < -0.39 is 0 Å². The molecule has 2 aliphatic carbocycles. The molecule has 0 bridgehead atoms. The molecule has 27 heavy (non-hydrogen) atoms. The summed E-state index contributed by atoms with van der Waals surface area (Å²) >= 11 is 0. The summed E-state index contributed by atoms with van der Waals surface area (Å²) in [7, 11) is 0. The molecule has 4 unspecified atom stereocenters. The summed E-state index contributed by atoms with van der Waals surface area (Å²) < 4.78 is 0. The summed E-state index contributed by atoms with van der Waals surface area (Å²) in [5, 5.41) is 21.5. The number of rotatable bonds is 6. The van der Waals surface area contributed by atoms with Crippen LogP contribution < -0.4 is 11.5 Å². The lowest BCUT2D eigenvalue weighted by Crippen LogP contribution is -2.35. The van der Waals surface area contributed by atoms with Crippen LogP contribution >= 0.6 is 0 Å². The summed E-state index contributed by atoms with van der Waals surface area (Å²) in [5.41, 5.74) is 12.2. The second-order valence-electron chi connectivity index (χ2n) is 9.83. The third-order valence-corrected chi connectivity index (χ3v) is 7.69. The minimum Gasteiger partial charge on any atom is -0.393 e. The van der Waals surface area contributed by atoms with Crippen molar-refractivity contribution in [2.24, 2.45) is 35.1 Å². The Kier molecular flexibility index (Phi) is 10.1. The van der Waals surface area contributed by atoms with Gasteiger partial charge in [-0.15, -0.1) is 0 Å². The number of hydrogen-bond donors (Lipinski definition) is 4. The first-order valence-electron chi connectivity index (χ1n) is 11.8. The third kappa shape index (κ3) is 7.64. The number of hydrogen-bond acceptors (Lipinski definition) is 4. The van der Waals surface area contributed by atoms with Crippen molar-refractivity contribution in [3.05, 3.63) is 0 Å². The molecule has 0 saturated heterocycles. The lowest BCUT2D eigenvalue weighted by molar-refractivity contribution is 0.000678. The number of aliphatic hydroxyl groups is 2. The molecular formula is C23H46N2O2. The molecule has 0 aromatic heterocycles. The zero-order chi connectivity index (χ0) is 19.8. The van der Waals surface area contributed by atoms with E-state index in [1.165, 1.54) is 25.7 Å². The van der Waals surface area contributed by atoms with Crippen molar-refractivity contribution in [1.29, 1.82) is 0 Å². The Morgan fingerprint density at radius 3 is 1.52 bits per heavy atom. The summed E-state index contributed by atoms with van der Waals surface area (Å²) in [5.74, 6) is 1.63. The van der Waals surface area contributed by atoms with E-state index in [1.807, 2.05) is 6.92 Å². The van der Waals surface area contributed by atoms with Crippen LogP contribution in [0.5, 0.6) is 0 Å². The standard InChI is InChI=1S/C23H46N2O2/c1-16(18-7-3-11-20(24)12-4-8-18)23(27)15-22(17(2)26)19-9-5-13-21(25)14-6-10-19/h16-23,26-27H,3-15,24-25H2,1-2H3. The van der Waals surface area contributed by atoms with Crippen LogP contribution in [0, 0.1) is 23.7 Å². The smallest absolute Gasteiger partial charge is 0.0572 e. The van der Waals surface area contributed by atoms with Crippen LogP contribution in [0.1, 0.15) is 97.3 Å². The fraction of sp³-hybridized carbons (Fsp3) is 1.00. The highest BCUT2D eigenvalue weighted by atomic mass is 16.3. The van der Waals surface area contributed by atoms with E-state index in [-0.39, 0.29) is 18.1 Å². The van der Waals surface area contributed by atoms with Crippen molar-refractivity contribution in [1.82, 2.24) is 0 Å². The van der Waals surface area contributed by atoms with Crippen LogP contribution in [0.2, 0.25) is 0 Å². The minimum atomic E-state index is -0.347. The van der Waals surface area contributed by atoms with Crippen molar-refractivity contribution in [2.45, 2.75) is 122 Å². The molecule has 2 saturated carbocycles. The maximum atomic E-state index is 11.0. The Morgan fingerprint density at radius 2 is 1.11 bits per heavy atom. The highest BCUT2D eigenvalue weighted by molar-refractivity contribution is 4.84. The van der Waals surface area contributed by atoms with Crippen molar-refractivity contribution in [3.8, 4) is 0 Å². The molecule has 4 heteroatoms. The molecule has 2 rings (SSSR count). The van der Waals surface area contributed by atoms with E-state index in [9.17, 15) is 10.2 Å². The summed E-state index contributed by atoms with van der Waals surface area (Å²) in [6.07, 6.45) is 13.9. The van der Waals surface area contributed by atoms with Crippen LogP contribution in [-0.4, -0.2) is 34.5 Å². The van der Waals surface area contributed by atoms with Crippen LogP contribution in [-0.2, 0) is 0 Å². The van der Waals surface area contributed by atoms with E-state index in [1.54, 1.807) is 0 Å². The van der Waals surface area contributed by atoms with E-state index in [0.29, 0.717) is 29.8 Å². The predicted molar refractivity (Wildman–Crippen MR) is 113 cm³/mol. The average Bonchev–Trinajstić information content (AvgIpc) is 2.58. The maximum Gasteiger partial charge on any atom is 0.0572 e. The van der Waals surface area contributed by atoms with E-state index in [0.717, 1.165) is 57.8 Å². The molecule has 2 fully saturated rings. The van der Waals surface area contributed by atoms with Crippen molar-refractivity contribution in [2.75, 3.05) is 0 Å². The highest BCUT2D eigenvalue weighted by Crippen LogP contribution is 2.36. The van der Waals surface area contributed by atoms with Gasteiger partial charge < -0.3 is 21.7 Å². The van der Waals surface area contributed by atoms with Gasteiger partial charge in [-0.2, -0.15) is 0 Å². The molecule has 0 spiro atoms. The van der Waals surface area contributed by atoms with Gasteiger partial charge in [0.2, 0.25) is 0 Å². The van der Waals surface area contributed by atoms with Gasteiger partial charge in [-0.05, 0) is 62.7 Å². The summed E-state index contributed by atoms with van der Waals surface area (Å²) in [6.45, 7) is 4.15. The molecular weight excluding hydrogens is 336 g/mol. The van der Waals surface area contributed by atoms with Gasteiger partial charge in [0.15, 0.2) is 0 Å². The third-order valence-electron chi connectivity index (χ3n) is 7.69. The summed E-state index contributed by atoms with van der Waals surface area (Å²) in [6, 6.07) is 0.729. The molecule has 160 valence electrons. The van der Waals surface area contributed by atoms with Crippen molar-refractivity contribution >= 4 is 0 Å². The van der Waals surface area contributed by atoms with Gasteiger partial charge >= 0.3 is 0 Å². The fourth-order valence-corrected chi connectivity index (χ4v) is 5.69. The Morgan fingerprint density at radius 1 is 0.704 bits per heavy atom. The first-order chi connectivity index (χ1) is 12.9. The fourth-order valence-electron chi connectivity index (χ4n) is 5.69. The molecule has 2 aliphatic rings. The lowest BCUT2D eigenvalue weighted by Gasteiger charge is -2.36. The minimum absolute atomic E-state index is 0.207. The average molecular weight is 383 g/mol. The van der Waals surface area contributed by atoms with Crippen LogP contribution in [0.15, 0.2) is 0 Å². The van der Waals surface area contributed by atoms with Gasteiger partial charge in [-0.3, -0.25) is 0 Å². The van der Waals surface area contributed by atoms with E-state index in [4.69, 9.17) is 11.5 Å². The second kappa shape index (κ2) is 11.7. The zero-order valence-corrected chi connectivity index (χ0v) is 17.9. The van der Waals surface area contributed by atoms with Gasteiger partial charge in [-0.1, -0.05) is 58.3 Å². The Hall–Kier alpha value is -0.160. The SMILES string of the molecule is CC(O)C(CC(O)C(C)C1CCCC(N)CCC1)C1CCCC(N)CCC1. The molecule has 6 N–H and O–H groups in total. The quantitative estimate of drug-likeness (QED) is 0.559. The van der Waals surface area contributed by atoms with Crippen LogP contribution in [0.3, 0.4) is 0 Å². The van der Waals surface area contributed by atoms with Crippen LogP contribution in [0.4, 0.5) is 0 Å². The summed E-state index contributed by atoms with van der Waals surface area (Å²) in [4.78, 5) is 0. The molecule has 0 aromatic carbocycles. The first kappa shape index (κ1) is 23.1. The molecule has 4 atom stereocenters. The Balaban J connectivity index is 1.91. The number of nitrogens with two attached hydrogens (primary N) is 2. The van der Waals surface area contributed by atoms with E-state index in [2.05, 4.69) is 6.92 Å². The number of aliphatic hydroxyl groups excluding tert-OH is 2. The first-order valence-corrected chi connectivity index (χ1v) is 11.8. The van der Waals surface area contributed by atoms with E-state index >= 15 is 0 Å². The van der Waals surface area contributed by atoms with Crippen molar-refractivity contribution in [3.63, 3.8) is 0 Å². The molecule has 0 heterocycles. The lowest BCUT2D eigenvalue weighted by atomic mass is 9.72. The molecule has 0 amide bonds. The van der Waals surface area contributed by atoms with Gasteiger partial charge in [0, 0.05) is 12.1 Å². The van der Waals surface area contributed by atoms with Crippen molar-refractivity contribution < 1.29 is 10.2 Å². The Labute approximate surface area is 167 Å². The van der Waals surface area contributed by atoms with Gasteiger partial charge in [0.05, 0.1) is 12.2 Å². The molecule has 4 nitrogen and oxygen atoms in total. The second-order valence-corrected chi connectivity index (χ2v) is 9.83. The van der Waals surface area contributed by atoms with Crippen LogP contribution in [0.25, 0.3) is 0 Å². The van der Waals surface area contributed by atoms with Gasteiger partial charge in [-0.25, -0.2) is 0 Å². The highest BCUT2D eigenvalue weighted by Gasteiger charge is 2.32. The molecule has 0 aromatic rings. The predicted octanol–water partition coefficient (Wildman–Crippen LogP) is 3.97. The van der Waals surface area contributed by atoms with Gasteiger partial charge in [0.25, 0.3) is 0 Å². The topological polar surface area (TPSA) is 92.5 Å². The maximum absolute atomic E-state index is 11.0. The largest absolute Gasteiger partial charge is 0.393 e.